The second-order valence-electron chi connectivity index (χ2n) is 3.53. The number of anilines is 1. The molecular weight excluding hydrogens is 266 g/mol. The van der Waals surface area contributed by atoms with Crippen molar-refractivity contribution in [2.24, 2.45) is 5.73 Å². The van der Waals surface area contributed by atoms with Crippen LogP contribution in [0.15, 0.2) is 35.1 Å². The number of rotatable bonds is 2. The van der Waals surface area contributed by atoms with Gasteiger partial charge in [-0.05, 0) is 18.2 Å². The summed E-state index contributed by atoms with van der Waals surface area (Å²) < 4.78 is 4.61. The molecule has 0 spiro atoms. The van der Waals surface area contributed by atoms with Crippen molar-refractivity contribution < 1.29 is 9.32 Å². The summed E-state index contributed by atoms with van der Waals surface area (Å²) in [5, 5.41) is 6.77. The van der Waals surface area contributed by atoms with E-state index in [9.17, 15) is 4.79 Å². The minimum atomic E-state index is -0.383. The van der Waals surface area contributed by atoms with E-state index in [2.05, 4.69) is 26.8 Å². The van der Waals surface area contributed by atoms with Crippen LogP contribution in [0.3, 0.4) is 0 Å². The Morgan fingerprint density at radius 2 is 2.32 bits per heavy atom. The lowest BCUT2D eigenvalue weighted by molar-refractivity contribution is 0.101. The lowest BCUT2D eigenvalue weighted by Crippen LogP contribution is -2.13. The van der Waals surface area contributed by atoms with Crippen molar-refractivity contribution in [3.05, 3.63) is 46.8 Å². The van der Waals surface area contributed by atoms with E-state index in [4.69, 9.17) is 17.3 Å². The molecule has 0 saturated carbocycles. The topological polar surface area (TPSA) is 81.1 Å². The maximum absolute atomic E-state index is 11.8. The lowest BCUT2D eigenvalue weighted by Gasteiger charge is -2.06. The van der Waals surface area contributed by atoms with Crippen molar-refractivity contribution in [3.8, 4) is 11.8 Å². The molecule has 19 heavy (non-hydrogen) atoms. The van der Waals surface area contributed by atoms with Gasteiger partial charge < -0.3 is 15.6 Å². The third kappa shape index (κ3) is 3.35. The van der Waals surface area contributed by atoms with Crippen LogP contribution in [-0.4, -0.2) is 17.6 Å². The zero-order valence-corrected chi connectivity index (χ0v) is 10.6. The van der Waals surface area contributed by atoms with Crippen LogP contribution in [0.25, 0.3) is 0 Å². The van der Waals surface area contributed by atoms with Crippen LogP contribution in [0.4, 0.5) is 5.69 Å². The minimum Gasteiger partial charge on any atom is -0.364 e. The van der Waals surface area contributed by atoms with Gasteiger partial charge in [-0.2, -0.15) is 0 Å². The molecule has 3 N–H and O–H groups in total. The van der Waals surface area contributed by atoms with Gasteiger partial charge in [0.05, 0.1) is 12.2 Å². The van der Waals surface area contributed by atoms with Gasteiger partial charge in [0.2, 0.25) is 0 Å². The van der Waals surface area contributed by atoms with Crippen molar-refractivity contribution in [1.82, 2.24) is 5.16 Å². The van der Waals surface area contributed by atoms with Gasteiger partial charge in [-0.25, -0.2) is 0 Å². The Morgan fingerprint density at radius 1 is 1.47 bits per heavy atom. The molecule has 1 aromatic carbocycles. The van der Waals surface area contributed by atoms with Crippen LogP contribution in [0, 0.1) is 11.8 Å². The van der Waals surface area contributed by atoms with E-state index in [1.54, 1.807) is 18.2 Å². The van der Waals surface area contributed by atoms with Crippen molar-refractivity contribution in [2.45, 2.75) is 0 Å². The number of aromatic nitrogens is 1. The second kappa shape index (κ2) is 6.05. The molecule has 0 aliphatic rings. The predicted octanol–water partition coefficient (Wildman–Crippen LogP) is 1.89. The number of nitrogens with one attached hydrogen (secondary N) is 1. The zero-order valence-electron chi connectivity index (χ0n) is 9.81. The quantitative estimate of drug-likeness (QED) is 0.820. The van der Waals surface area contributed by atoms with Gasteiger partial charge in [0.15, 0.2) is 5.69 Å². The van der Waals surface area contributed by atoms with Gasteiger partial charge in [0, 0.05) is 16.7 Å². The van der Waals surface area contributed by atoms with Gasteiger partial charge in [0.1, 0.15) is 6.26 Å². The smallest absolute Gasteiger partial charge is 0.277 e. The SMILES string of the molecule is NCC#Cc1cc(Cl)ccc1NC(=O)c1ccon1. The summed E-state index contributed by atoms with van der Waals surface area (Å²) in [7, 11) is 0. The van der Waals surface area contributed by atoms with Crippen LogP contribution in [-0.2, 0) is 0 Å². The first-order valence-corrected chi connectivity index (χ1v) is 5.78. The Morgan fingerprint density at radius 3 is 3.00 bits per heavy atom. The first-order valence-electron chi connectivity index (χ1n) is 5.41. The highest BCUT2D eigenvalue weighted by Crippen LogP contribution is 2.20. The molecule has 1 amide bonds. The summed E-state index contributed by atoms with van der Waals surface area (Å²) in [6, 6.07) is 6.45. The van der Waals surface area contributed by atoms with Gasteiger partial charge in [-0.3, -0.25) is 4.79 Å². The maximum atomic E-state index is 11.8. The highest BCUT2D eigenvalue weighted by Gasteiger charge is 2.11. The van der Waals surface area contributed by atoms with E-state index in [0.717, 1.165) is 0 Å². The summed E-state index contributed by atoms with van der Waals surface area (Å²) in [5.41, 5.74) is 6.65. The van der Waals surface area contributed by atoms with E-state index < -0.39 is 0 Å². The number of amides is 1. The largest absolute Gasteiger partial charge is 0.364 e. The van der Waals surface area contributed by atoms with Crippen molar-refractivity contribution in [1.29, 1.82) is 0 Å². The standard InChI is InChI=1S/C13H10ClN3O2/c14-10-3-4-11(9(8-10)2-1-6-15)16-13(18)12-5-7-19-17-12/h3-5,7-8H,6,15H2,(H,16,18). The van der Waals surface area contributed by atoms with E-state index in [1.807, 2.05) is 0 Å². The molecule has 1 aromatic heterocycles. The van der Waals surface area contributed by atoms with Crippen LogP contribution in [0.2, 0.25) is 5.02 Å². The van der Waals surface area contributed by atoms with Crippen LogP contribution >= 0.6 is 11.6 Å². The summed E-state index contributed by atoms with van der Waals surface area (Å²) in [4.78, 5) is 11.8. The molecule has 0 fully saturated rings. The second-order valence-corrected chi connectivity index (χ2v) is 3.97. The minimum absolute atomic E-state index is 0.188. The predicted molar refractivity (Wildman–Crippen MR) is 71.8 cm³/mol. The number of hydrogen-bond acceptors (Lipinski definition) is 4. The number of benzene rings is 1. The molecule has 6 heteroatoms. The molecule has 0 atom stereocenters. The first kappa shape index (κ1) is 13.1. The molecule has 0 bridgehead atoms. The van der Waals surface area contributed by atoms with Crippen LogP contribution in [0.1, 0.15) is 16.1 Å². The molecule has 0 unspecified atom stereocenters. The van der Waals surface area contributed by atoms with Crippen molar-refractivity contribution >= 4 is 23.2 Å². The fourth-order valence-electron chi connectivity index (χ4n) is 1.39. The van der Waals surface area contributed by atoms with Crippen LogP contribution < -0.4 is 11.1 Å². The van der Waals surface area contributed by atoms with E-state index in [-0.39, 0.29) is 18.1 Å². The maximum Gasteiger partial charge on any atom is 0.277 e. The monoisotopic (exact) mass is 275 g/mol. The summed E-state index contributed by atoms with van der Waals surface area (Å²) >= 11 is 5.89. The summed E-state index contributed by atoms with van der Waals surface area (Å²) in [6.45, 7) is 0.225. The number of nitrogens with zero attached hydrogens (tertiary/aromatic N) is 1. The number of carbonyl (C=O) groups is 1. The molecule has 0 aliphatic heterocycles. The fraction of sp³-hybridized carbons (Fsp3) is 0.0769. The molecule has 0 aliphatic carbocycles. The van der Waals surface area contributed by atoms with Crippen molar-refractivity contribution in [3.63, 3.8) is 0 Å². The number of nitrogens with two attached hydrogens (primary N) is 1. The third-order valence-electron chi connectivity index (χ3n) is 2.23. The normalized spacial score (nSPS) is 9.58. The molecule has 1 heterocycles. The summed E-state index contributed by atoms with van der Waals surface area (Å²) in [5.74, 6) is 5.18. The van der Waals surface area contributed by atoms with E-state index in [0.29, 0.717) is 16.3 Å². The Balaban J connectivity index is 2.27. The fourth-order valence-corrected chi connectivity index (χ4v) is 1.56. The molecule has 0 saturated heterocycles. The van der Waals surface area contributed by atoms with Gasteiger partial charge in [0.25, 0.3) is 5.91 Å². The molecule has 0 radical (unpaired) electrons. The van der Waals surface area contributed by atoms with E-state index >= 15 is 0 Å². The Hall–Kier alpha value is -2.29. The Labute approximate surface area is 114 Å². The summed E-state index contributed by atoms with van der Waals surface area (Å²) in [6.07, 6.45) is 1.33. The third-order valence-corrected chi connectivity index (χ3v) is 2.46. The number of hydrogen-bond donors (Lipinski definition) is 2. The number of halogens is 1. The van der Waals surface area contributed by atoms with Crippen LogP contribution in [0.5, 0.6) is 0 Å². The zero-order chi connectivity index (χ0) is 13.7. The lowest BCUT2D eigenvalue weighted by atomic mass is 10.1. The van der Waals surface area contributed by atoms with Gasteiger partial charge in [-0.1, -0.05) is 28.6 Å². The average Bonchev–Trinajstić information content (AvgIpc) is 2.93. The molecule has 96 valence electrons. The Bertz CT molecular complexity index is 642. The highest BCUT2D eigenvalue weighted by atomic mass is 35.5. The first-order chi connectivity index (χ1) is 9.20. The van der Waals surface area contributed by atoms with Gasteiger partial charge in [-0.15, -0.1) is 0 Å². The molecule has 2 aromatic rings. The molecule has 2 rings (SSSR count). The average molecular weight is 276 g/mol. The molecular formula is C13H10ClN3O2. The van der Waals surface area contributed by atoms with Crippen molar-refractivity contribution in [2.75, 3.05) is 11.9 Å². The van der Waals surface area contributed by atoms with E-state index in [1.165, 1.54) is 12.3 Å². The molecule has 5 nitrogen and oxygen atoms in total. The Kier molecular flexibility index (Phi) is 4.18. The highest BCUT2D eigenvalue weighted by molar-refractivity contribution is 6.30. The number of carbonyl (C=O) groups excluding carboxylic acids is 1. The van der Waals surface area contributed by atoms with Gasteiger partial charge >= 0.3 is 0 Å².